The van der Waals surface area contributed by atoms with Crippen LogP contribution >= 0.6 is 0 Å². The molecule has 200 valence electrons. The van der Waals surface area contributed by atoms with Gasteiger partial charge in [-0.25, -0.2) is 0 Å². The van der Waals surface area contributed by atoms with Crippen LogP contribution in [0, 0.1) is 36.5 Å². The third kappa shape index (κ3) is 3.83. The van der Waals surface area contributed by atoms with Crippen molar-refractivity contribution < 1.29 is 9.59 Å². The number of hydrogen-bond acceptors (Lipinski definition) is 5. The van der Waals surface area contributed by atoms with Gasteiger partial charge in [-0.05, 0) is 84.0 Å². The second-order valence-electron chi connectivity index (χ2n) is 13.2. The van der Waals surface area contributed by atoms with Crippen LogP contribution in [0.25, 0.3) is 11.3 Å². The lowest BCUT2D eigenvalue weighted by Crippen LogP contribution is -2.40. The molecule has 2 bridgehead atoms. The monoisotopic (exact) mass is 514 g/mol. The number of nitrogens with one attached hydrogen (secondary N) is 1. The first-order valence-electron chi connectivity index (χ1n) is 13.8. The van der Waals surface area contributed by atoms with Crippen molar-refractivity contribution >= 4 is 11.8 Å². The van der Waals surface area contributed by atoms with Crippen molar-refractivity contribution in [3.63, 3.8) is 0 Å². The van der Waals surface area contributed by atoms with Gasteiger partial charge in [-0.2, -0.15) is 9.78 Å². The molecule has 38 heavy (non-hydrogen) atoms. The van der Waals surface area contributed by atoms with Crippen molar-refractivity contribution in [3.05, 3.63) is 53.0 Å². The molecule has 0 radical (unpaired) electrons. The van der Waals surface area contributed by atoms with Gasteiger partial charge in [0.15, 0.2) is 5.69 Å². The molecular formula is C30H38N6O2. The van der Waals surface area contributed by atoms with Gasteiger partial charge in [0.2, 0.25) is 0 Å². The molecule has 6 rings (SSSR count). The highest BCUT2D eigenvalue weighted by molar-refractivity contribution is 6.00. The smallest absolute Gasteiger partial charge is 0.274 e. The van der Waals surface area contributed by atoms with E-state index in [0.29, 0.717) is 29.5 Å². The molecule has 2 aromatic heterocycles. The predicted molar refractivity (Wildman–Crippen MR) is 145 cm³/mol. The lowest BCUT2D eigenvalue weighted by atomic mass is 9.67. The van der Waals surface area contributed by atoms with Crippen molar-refractivity contribution in [3.8, 4) is 11.3 Å². The molecule has 1 spiro atoms. The van der Waals surface area contributed by atoms with Gasteiger partial charge in [-0.1, -0.05) is 42.5 Å². The summed E-state index contributed by atoms with van der Waals surface area (Å²) in [4.78, 5) is 27.8. The van der Waals surface area contributed by atoms with E-state index in [1.807, 2.05) is 48.9 Å². The molecule has 8 nitrogen and oxygen atoms in total. The second-order valence-corrected chi connectivity index (χ2v) is 13.2. The molecule has 3 saturated carbocycles. The van der Waals surface area contributed by atoms with Crippen LogP contribution in [0.15, 0.2) is 30.3 Å². The first-order valence-corrected chi connectivity index (χ1v) is 13.8. The van der Waals surface area contributed by atoms with Gasteiger partial charge in [-0.15, -0.1) is 5.10 Å². The van der Waals surface area contributed by atoms with E-state index >= 15 is 0 Å². The standard InChI is InChI=1S/C30H38N6O2/c1-18-12-29-14-22(29)15-30(13-18,17-29)27(38)35-25(21-10-8-7-9-11-21)24(32-34-35)26(37)31-16-23-19(2)33-36(20(23)3)28(4,5)6/h7-11,18,22H,12-17H2,1-6H3,(H,31,37)/t18-,22+,29?,30-/m0/s1. The third-order valence-corrected chi connectivity index (χ3v) is 9.26. The highest BCUT2D eigenvalue weighted by atomic mass is 16.2. The number of fused-ring (bicyclic) bond motifs is 1. The maximum absolute atomic E-state index is 14.2. The number of nitrogens with zero attached hydrogens (tertiary/aromatic N) is 5. The molecule has 1 aromatic carbocycles. The average molecular weight is 515 g/mol. The molecule has 0 saturated heterocycles. The Kier molecular flexibility index (Phi) is 5.50. The van der Waals surface area contributed by atoms with E-state index in [-0.39, 0.29) is 23.0 Å². The largest absolute Gasteiger partial charge is 0.346 e. The number of benzene rings is 1. The highest BCUT2D eigenvalue weighted by Gasteiger charge is 2.70. The van der Waals surface area contributed by atoms with Gasteiger partial charge in [0.1, 0.15) is 5.69 Å². The summed E-state index contributed by atoms with van der Waals surface area (Å²) in [6, 6.07) is 9.57. The van der Waals surface area contributed by atoms with Gasteiger partial charge in [-0.3, -0.25) is 14.3 Å². The molecule has 3 aromatic rings. The van der Waals surface area contributed by atoms with E-state index < -0.39 is 5.41 Å². The van der Waals surface area contributed by atoms with Crippen LogP contribution in [0.3, 0.4) is 0 Å². The first kappa shape index (κ1) is 25.0. The van der Waals surface area contributed by atoms with Crippen molar-refractivity contribution in [1.82, 2.24) is 30.1 Å². The fourth-order valence-electron chi connectivity index (χ4n) is 7.81. The molecule has 8 heteroatoms. The van der Waals surface area contributed by atoms with Crippen LogP contribution in [0.2, 0.25) is 0 Å². The molecular weight excluding hydrogens is 476 g/mol. The second kappa shape index (κ2) is 8.35. The quantitative estimate of drug-likeness (QED) is 0.499. The summed E-state index contributed by atoms with van der Waals surface area (Å²) in [5, 5.41) is 16.4. The minimum Gasteiger partial charge on any atom is -0.346 e. The summed E-state index contributed by atoms with van der Waals surface area (Å²) in [5.74, 6) is 0.833. The van der Waals surface area contributed by atoms with Crippen LogP contribution in [0.5, 0.6) is 0 Å². The van der Waals surface area contributed by atoms with Crippen molar-refractivity contribution in [2.45, 2.75) is 85.7 Å². The molecule has 2 heterocycles. The van der Waals surface area contributed by atoms with Crippen LogP contribution in [0.1, 0.15) is 92.0 Å². The number of carbonyl (C=O) groups is 2. The first-order chi connectivity index (χ1) is 17.9. The van der Waals surface area contributed by atoms with Crippen molar-refractivity contribution in [1.29, 1.82) is 0 Å². The molecule has 3 aliphatic carbocycles. The van der Waals surface area contributed by atoms with Gasteiger partial charge in [0, 0.05) is 23.4 Å². The van der Waals surface area contributed by atoms with Gasteiger partial charge in [0.25, 0.3) is 11.8 Å². The van der Waals surface area contributed by atoms with Gasteiger partial charge in [0.05, 0.1) is 16.6 Å². The summed E-state index contributed by atoms with van der Waals surface area (Å²) < 4.78 is 3.44. The van der Waals surface area contributed by atoms with Crippen molar-refractivity contribution in [2.24, 2.45) is 22.7 Å². The Morgan fingerprint density at radius 3 is 2.50 bits per heavy atom. The summed E-state index contributed by atoms with van der Waals surface area (Å²) in [6.07, 6.45) is 5.25. The van der Waals surface area contributed by atoms with E-state index in [1.54, 1.807) is 0 Å². The summed E-state index contributed by atoms with van der Waals surface area (Å²) in [7, 11) is 0. The van der Waals surface area contributed by atoms with E-state index in [0.717, 1.165) is 41.8 Å². The number of aryl methyl sites for hydroxylation is 1. The van der Waals surface area contributed by atoms with Crippen LogP contribution in [0.4, 0.5) is 0 Å². The highest BCUT2D eigenvalue weighted by Crippen LogP contribution is 2.76. The minimum atomic E-state index is -0.401. The number of hydrogen-bond donors (Lipinski definition) is 1. The molecule has 4 atom stereocenters. The zero-order valence-electron chi connectivity index (χ0n) is 23.3. The Morgan fingerprint density at radius 1 is 1.08 bits per heavy atom. The van der Waals surface area contributed by atoms with E-state index in [4.69, 9.17) is 5.10 Å². The normalized spacial score (nSPS) is 27.7. The van der Waals surface area contributed by atoms with E-state index in [2.05, 4.69) is 43.3 Å². The number of rotatable bonds is 5. The molecule has 1 N–H and O–H groups in total. The number of aromatic nitrogens is 5. The van der Waals surface area contributed by atoms with Gasteiger partial charge < -0.3 is 5.32 Å². The van der Waals surface area contributed by atoms with E-state index in [1.165, 1.54) is 17.5 Å². The van der Waals surface area contributed by atoms with Crippen molar-refractivity contribution in [2.75, 3.05) is 0 Å². The maximum atomic E-state index is 14.2. The zero-order valence-corrected chi connectivity index (χ0v) is 23.3. The third-order valence-electron chi connectivity index (χ3n) is 9.26. The Labute approximate surface area is 224 Å². The topological polar surface area (TPSA) is 94.7 Å². The number of amides is 1. The molecule has 3 fully saturated rings. The Morgan fingerprint density at radius 2 is 1.82 bits per heavy atom. The lowest BCUT2D eigenvalue weighted by Gasteiger charge is -2.38. The number of carbonyl (C=O) groups excluding carboxylic acids is 2. The molecule has 3 aliphatic rings. The minimum absolute atomic E-state index is 0.000768. The fourth-order valence-corrected chi connectivity index (χ4v) is 7.81. The zero-order chi connectivity index (χ0) is 27.0. The lowest BCUT2D eigenvalue weighted by molar-refractivity contribution is 0.0509. The van der Waals surface area contributed by atoms with Crippen LogP contribution in [-0.4, -0.2) is 36.6 Å². The Bertz CT molecular complexity index is 1430. The van der Waals surface area contributed by atoms with Crippen LogP contribution < -0.4 is 5.32 Å². The molecule has 0 aliphatic heterocycles. The van der Waals surface area contributed by atoms with E-state index in [9.17, 15) is 9.59 Å². The summed E-state index contributed by atoms with van der Waals surface area (Å²) in [6.45, 7) is 12.9. The predicted octanol–water partition coefficient (Wildman–Crippen LogP) is 5.30. The van der Waals surface area contributed by atoms with Crippen LogP contribution in [-0.2, 0) is 12.1 Å². The molecule has 1 unspecified atom stereocenters. The Balaban J connectivity index is 1.32. The Hall–Kier alpha value is -3.29. The average Bonchev–Trinajstić information content (AvgIpc) is 3.14. The maximum Gasteiger partial charge on any atom is 0.274 e. The fraction of sp³-hybridized carbons (Fsp3) is 0.567. The summed E-state index contributed by atoms with van der Waals surface area (Å²) >= 11 is 0. The summed E-state index contributed by atoms with van der Waals surface area (Å²) in [5.41, 5.74) is 4.13. The SMILES string of the molecule is Cc1nn(C(C)(C)C)c(C)c1CNC(=O)c1nnn(C(=O)[C@@]23C[C@@H](C)CC4(C[C@@H]4C2)C3)c1-c1ccccc1. The van der Waals surface area contributed by atoms with Gasteiger partial charge >= 0.3 is 0 Å². The molecule has 1 amide bonds.